The third-order valence-electron chi connectivity index (χ3n) is 4.88. The van der Waals surface area contributed by atoms with Crippen LogP contribution in [-0.2, 0) is 28.8 Å². The zero-order valence-electron chi connectivity index (χ0n) is 15.1. The Morgan fingerprint density at radius 2 is 1.89 bits per heavy atom. The van der Waals surface area contributed by atoms with Crippen LogP contribution < -0.4 is 0 Å². The van der Waals surface area contributed by atoms with Crippen molar-refractivity contribution in [1.82, 2.24) is 0 Å². The second kappa shape index (κ2) is 8.65. The average Bonchev–Trinajstić information content (AvgIpc) is 2.69. The van der Waals surface area contributed by atoms with E-state index in [9.17, 15) is 9.59 Å². The van der Waals surface area contributed by atoms with Gasteiger partial charge < -0.3 is 14.6 Å². The maximum absolute atomic E-state index is 11.7. The summed E-state index contributed by atoms with van der Waals surface area (Å²) < 4.78 is 11.3. The Kier molecular flexibility index (Phi) is 6.26. The van der Waals surface area contributed by atoms with E-state index in [-0.39, 0.29) is 25.0 Å². The smallest absolute Gasteiger partial charge is 0.306 e. The van der Waals surface area contributed by atoms with E-state index < -0.39 is 17.7 Å². The molecular formula is C20H24O7. The molecule has 3 rings (SSSR count). The summed E-state index contributed by atoms with van der Waals surface area (Å²) >= 11 is 0. The van der Waals surface area contributed by atoms with Crippen LogP contribution in [0.25, 0.3) is 5.57 Å². The van der Waals surface area contributed by atoms with Gasteiger partial charge in [0.15, 0.2) is 0 Å². The number of carbonyl (C=O) groups excluding carboxylic acids is 1. The lowest BCUT2D eigenvalue weighted by molar-refractivity contribution is -0.484. The van der Waals surface area contributed by atoms with E-state index in [0.717, 1.165) is 11.1 Å². The Balaban J connectivity index is 1.44. The van der Waals surface area contributed by atoms with Gasteiger partial charge in [0.25, 0.3) is 0 Å². The maximum Gasteiger partial charge on any atom is 0.306 e. The van der Waals surface area contributed by atoms with Gasteiger partial charge in [-0.3, -0.25) is 9.59 Å². The minimum absolute atomic E-state index is 0.115. The first-order valence-corrected chi connectivity index (χ1v) is 9.11. The van der Waals surface area contributed by atoms with Crippen molar-refractivity contribution in [3.05, 3.63) is 42.5 Å². The summed E-state index contributed by atoms with van der Waals surface area (Å²) in [6.45, 7) is 4.42. The first-order chi connectivity index (χ1) is 13.0. The molecule has 1 atom stereocenters. The molecule has 1 aliphatic heterocycles. The number of aliphatic carboxylic acids is 1. The first kappa shape index (κ1) is 19.5. The third kappa shape index (κ3) is 5.15. The van der Waals surface area contributed by atoms with E-state index in [4.69, 9.17) is 24.4 Å². The van der Waals surface area contributed by atoms with Crippen LogP contribution in [0.1, 0.15) is 44.1 Å². The van der Waals surface area contributed by atoms with Crippen LogP contribution >= 0.6 is 0 Å². The van der Waals surface area contributed by atoms with Crippen molar-refractivity contribution in [3.63, 3.8) is 0 Å². The van der Waals surface area contributed by atoms with Gasteiger partial charge in [0, 0.05) is 12.8 Å². The summed E-state index contributed by atoms with van der Waals surface area (Å²) in [5, 5.41) is 8.61. The van der Waals surface area contributed by atoms with Crippen molar-refractivity contribution in [1.29, 1.82) is 0 Å². The largest absolute Gasteiger partial charge is 0.481 e. The van der Waals surface area contributed by atoms with E-state index in [2.05, 4.69) is 6.58 Å². The van der Waals surface area contributed by atoms with Crippen LogP contribution in [-0.4, -0.2) is 41.6 Å². The molecule has 1 aromatic rings. The van der Waals surface area contributed by atoms with Gasteiger partial charge in [0.2, 0.25) is 5.79 Å². The molecule has 7 nitrogen and oxygen atoms in total. The number of benzene rings is 1. The minimum Gasteiger partial charge on any atom is -0.481 e. The number of hydrogen-bond donors (Lipinski definition) is 1. The van der Waals surface area contributed by atoms with E-state index in [1.807, 2.05) is 30.3 Å². The van der Waals surface area contributed by atoms with Crippen LogP contribution in [0.4, 0.5) is 0 Å². The molecule has 27 heavy (non-hydrogen) atoms. The van der Waals surface area contributed by atoms with E-state index >= 15 is 0 Å². The van der Waals surface area contributed by atoms with Crippen molar-refractivity contribution in [2.45, 2.75) is 56.5 Å². The molecule has 1 heterocycles. The van der Waals surface area contributed by atoms with Crippen LogP contribution in [0.3, 0.4) is 0 Å². The van der Waals surface area contributed by atoms with Gasteiger partial charge >= 0.3 is 11.9 Å². The molecule has 0 radical (unpaired) electrons. The SMILES string of the molecule is C=C(c1ccccc1)C1COC2(CCC(OC(=O)CCC(=O)O)CC2)OO1. The Bertz CT molecular complexity index is 667. The number of carboxylic acids is 1. The average molecular weight is 376 g/mol. The highest BCUT2D eigenvalue weighted by Gasteiger charge is 2.44. The van der Waals surface area contributed by atoms with Crippen LogP contribution in [0.5, 0.6) is 0 Å². The summed E-state index contributed by atoms with van der Waals surface area (Å²) in [6, 6.07) is 9.73. The quantitative estimate of drug-likeness (QED) is 0.602. The molecular weight excluding hydrogens is 352 g/mol. The fourth-order valence-electron chi connectivity index (χ4n) is 3.25. The van der Waals surface area contributed by atoms with Crippen molar-refractivity contribution in [3.8, 4) is 0 Å². The van der Waals surface area contributed by atoms with Gasteiger partial charge in [-0.15, -0.1) is 0 Å². The molecule has 1 aliphatic carbocycles. The van der Waals surface area contributed by atoms with Crippen LogP contribution in [0, 0.1) is 0 Å². The zero-order chi connectivity index (χ0) is 19.3. The van der Waals surface area contributed by atoms with Crippen molar-refractivity contribution < 1.29 is 33.9 Å². The lowest BCUT2D eigenvalue weighted by Crippen LogP contribution is -2.48. The van der Waals surface area contributed by atoms with Gasteiger partial charge in [-0.05, 0) is 24.0 Å². The molecule has 146 valence electrons. The summed E-state index contributed by atoms with van der Waals surface area (Å²) in [6.07, 6.45) is 1.27. The molecule has 1 unspecified atom stereocenters. The summed E-state index contributed by atoms with van der Waals surface area (Å²) in [5.74, 6) is -2.32. The highest BCUT2D eigenvalue weighted by Crippen LogP contribution is 2.38. The Morgan fingerprint density at radius 3 is 2.48 bits per heavy atom. The maximum atomic E-state index is 11.7. The second-order valence-electron chi connectivity index (χ2n) is 6.86. The highest BCUT2D eigenvalue weighted by atomic mass is 17.2. The zero-order valence-corrected chi connectivity index (χ0v) is 15.1. The number of hydrogen-bond acceptors (Lipinski definition) is 6. The number of carboxylic acid groups (broad SMARTS) is 1. The number of esters is 1. The molecule has 0 bridgehead atoms. The van der Waals surface area contributed by atoms with Gasteiger partial charge in [-0.2, -0.15) is 0 Å². The fourth-order valence-corrected chi connectivity index (χ4v) is 3.25. The number of carbonyl (C=O) groups is 2. The van der Waals surface area contributed by atoms with Crippen molar-refractivity contribution >= 4 is 17.5 Å². The van der Waals surface area contributed by atoms with Crippen molar-refractivity contribution in [2.24, 2.45) is 0 Å². The molecule has 0 amide bonds. The van der Waals surface area contributed by atoms with Crippen LogP contribution in [0.2, 0.25) is 0 Å². The van der Waals surface area contributed by atoms with E-state index in [1.54, 1.807) is 0 Å². The van der Waals surface area contributed by atoms with E-state index in [0.29, 0.717) is 32.3 Å². The fraction of sp³-hybridized carbons (Fsp3) is 0.500. The molecule has 1 saturated heterocycles. The van der Waals surface area contributed by atoms with Gasteiger partial charge in [-0.1, -0.05) is 36.9 Å². The topological polar surface area (TPSA) is 91.3 Å². The lowest BCUT2D eigenvalue weighted by Gasteiger charge is -2.42. The third-order valence-corrected chi connectivity index (χ3v) is 4.88. The van der Waals surface area contributed by atoms with Crippen LogP contribution in [0.15, 0.2) is 36.9 Å². The minimum atomic E-state index is -1.01. The number of ether oxygens (including phenoxy) is 2. The molecule has 2 fully saturated rings. The Hall–Kier alpha value is -2.22. The summed E-state index contributed by atoms with van der Waals surface area (Å²) in [7, 11) is 0. The lowest BCUT2D eigenvalue weighted by atomic mass is 9.91. The standard InChI is InChI=1S/C20H24O7/c1-14(15-5-3-2-4-6-15)17-13-24-20(27-26-17)11-9-16(10-12-20)25-19(23)8-7-18(21)22/h2-6,16-17H,1,7-13H2,(H,21,22). The van der Waals surface area contributed by atoms with Crippen molar-refractivity contribution in [2.75, 3.05) is 6.61 Å². The Labute approximate surface area is 157 Å². The molecule has 2 aliphatic rings. The highest BCUT2D eigenvalue weighted by molar-refractivity contribution is 5.76. The monoisotopic (exact) mass is 376 g/mol. The van der Waals surface area contributed by atoms with Gasteiger partial charge in [0.05, 0.1) is 19.4 Å². The molecule has 1 aromatic carbocycles. The number of rotatable bonds is 6. The molecule has 1 spiro atoms. The molecule has 1 saturated carbocycles. The summed E-state index contributed by atoms with van der Waals surface area (Å²) in [4.78, 5) is 33.3. The molecule has 1 N–H and O–H groups in total. The normalized spacial score (nSPS) is 27.9. The predicted molar refractivity (Wildman–Crippen MR) is 95.3 cm³/mol. The van der Waals surface area contributed by atoms with Gasteiger partial charge in [0.1, 0.15) is 12.2 Å². The Morgan fingerprint density at radius 1 is 1.19 bits per heavy atom. The second-order valence-corrected chi connectivity index (χ2v) is 6.86. The first-order valence-electron chi connectivity index (χ1n) is 9.11. The predicted octanol–water partition coefficient (Wildman–Crippen LogP) is 3.09. The molecule has 7 heteroatoms. The van der Waals surface area contributed by atoms with Gasteiger partial charge in [-0.25, -0.2) is 9.78 Å². The summed E-state index contributed by atoms with van der Waals surface area (Å²) in [5.41, 5.74) is 1.77. The molecule has 0 aromatic heterocycles. The van der Waals surface area contributed by atoms with E-state index in [1.165, 1.54) is 0 Å².